The van der Waals surface area contributed by atoms with Crippen molar-refractivity contribution < 1.29 is 32.4 Å². The van der Waals surface area contributed by atoms with Crippen molar-refractivity contribution in [3.8, 4) is 22.4 Å². The molecule has 1 fully saturated rings. The molecule has 0 atom stereocenters. The summed E-state index contributed by atoms with van der Waals surface area (Å²) in [6.07, 6.45) is 4.38. The van der Waals surface area contributed by atoms with Gasteiger partial charge in [0, 0.05) is 61.9 Å². The number of ether oxygens (including phenoxy) is 1. The number of halogens is 3. The number of methoxy groups -OCH3 is 1. The van der Waals surface area contributed by atoms with Crippen LogP contribution in [0.15, 0.2) is 42.7 Å². The molecule has 1 aliphatic rings. The second kappa shape index (κ2) is 15.7. The van der Waals surface area contributed by atoms with Crippen molar-refractivity contribution in [1.29, 1.82) is 0 Å². The summed E-state index contributed by atoms with van der Waals surface area (Å²) < 4.78 is 39.6. The van der Waals surface area contributed by atoms with Gasteiger partial charge in [0.1, 0.15) is 0 Å². The van der Waals surface area contributed by atoms with Crippen molar-refractivity contribution in [3.63, 3.8) is 0 Å². The van der Waals surface area contributed by atoms with E-state index in [4.69, 9.17) is 16.3 Å². The number of nitrogens with one attached hydrogen (secondary N) is 2. The predicted molar refractivity (Wildman–Crippen MR) is 190 cm³/mol. The summed E-state index contributed by atoms with van der Waals surface area (Å²) in [7, 11) is 9.06. The molecule has 12 nitrogen and oxygen atoms in total. The van der Waals surface area contributed by atoms with Gasteiger partial charge in [-0.05, 0) is 49.9 Å². The third-order valence-corrected chi connectivity index (χ3v) is 9.36. The van der Waals surface area contributed by atoms with Gasteiger partial charge in [0.25, 0.3) is 17.7 Å². The maximum atomic E-state index is 15.5. The molecular weight excluding hydrogens is 682 g/mol. The molecule has 0 saturated carbocycles. The van der Waals surface area contributed by atoms with Gasteiger partial charge in [-0.2, -0.15) is 5.10 Å². The van der Waals surface area contributed by atoms with E-state index in [0.29, 0.717) is 60.8 Å². The van der Waals surface area contributed by atoms with Crippen LogP contribution in [-0.2, 0) is 23.1 Å². The highest BCUT2D eigenvalue weighted by Gasteiger charge is 2.27. The van der Waals surface area contributed by atoms with E-state index in [2.05, 4.69) is 20.7 Å². The number of amides is 3. The van der Waals surface area contributed by atoms with Crippen LogP contribution in [0.25, 0.3) is 22.4 Å². The van der Waals surface area contributed by atoms with Crippen molar-refractivity contribution in [3.05, 3.63) is 76.5 Å². The van der Waals surface area contributed by atoms with E-state index >= 15 is 8.78 Å². The van der Waals surface area contributed by atoms with Gasteiger partial charge in [-0.3, -0.25) is 19.1 Å². The van der Waals surface area contributed by atoms with E-state index in [9.17, 15) is 14.4 Å². The Bertz CT molecular complexity index is 1930. The highest BCUT2D eigenvalue weighted by atomic mass is 35.5. The largest absolute Gasteiger partial charge is 0.383 e. The second-order valence-electron chi connectivity index (χ2n) is 13.8. The normalized spacial score (nSPS) is 13.8. The smallest absolute Gasteiger partial charge is 0.291 e. The number of carbonyl (C=O) groups is 3. The van der Waals surface area contributed by atoms with E-state index in [1.807, 2.05) is 26.0 Å². The Morgan fingerprint density at radius 3 is 2.35 bits per heavy atom. The summed E-state index contributed by atoms with van der Waals surface area (Å²) in [5.74, 6) is -2.75. The Hall–Kier alpha value is -4.66. The molecule has 15 heteroatoms. The van der Waals surface area contributed by atoms with Gasteiger partial charge in [-0.25, -0.2) is 13.8 Å². The summed E-state index contributed by atoms with van der Waals surface area (Å²) >= 11 is 6.45. The maximum Gasteiger partial charge on any atom is 0.291 e. The van der Waals surface area contributed by atoms with Gasteiger partial charge in [0.05, 0.1) is 63.0 Å². The molecule has 0 spiro atoms. The number of nitrogens with zero attached hydrogens (tertiary/aromatic N) is 6. The predicted octanol–water partition coefficient (Wildman–Crippen LogP) is 4.76. The maximum absolute atomic E-state index is 15.5. The summed E-state index contributed by atoms with van der Waals surface area (Å²) in [5, 5.41) is 10.0. The first-order valence-electron chi connectivity index (χ1n) is 16.7. The van der Waals surface area contributed by atoms with Crippen molar-refractivity contribution in [1.82, 2.24) is 29.5 Å². The van der Waals surface area contributed by atoms with Crippen molar-refractivity contribution in [2.24, 2.45) is 13.0 Å². The lowest BCUT2D eigenvalue weighted by atomic mass is 9.96. The molecule has 0 radical (unpaired) electrons. The van der Waals surface area contributed by atoms with Crippen molar-refractivity contribution >= 4 is 35.0 Å². The summed E-state index contributed by atoms with van der Waals surface area (Å²) in [6.45, 7) is 4.89. The zero-order chi connectivity index (χ0) is 37.0. The molecule has 0 unspecified atom stereocenters. The van der Waals surface area contributed by atoms with Gasteiger partial charge in [-0.15, -0.1) is 0 Å². The molecule has 2 aromatic carbocycles. The monoisotopic (exact) mass is 725 g/mol. The highest BCUT2D eigenvalue weighted by molar-refractivity contribution is 6.34. The van der Waals surface area contributed by atoms with Crippen LogP contribution in [0.5, 0.6) is 0 Å². The molecule has 0 bridgehead atoms. The Kier molecular flexibility index (Phi) is 11.6. The van der Waals surface area contributed by atoms with Crippen LogP contribution in [0.2, 0.25) is 5.02 Å². The summed E-state index contributed by atoms with van der Waals surface area (Å²) in [6, 6.07) is 7.45. The van der Waals surface area contributed by atoms with Gasteiger partial charge < -0.3 is 29.3 Å². The van der Waals surface area contributed by atoms with Crippen LogP contribution in [-0.4, -0.2) is 107 Å². The van der Waals surface area contributed by atoms with Crippen LogP contribution < -0.4 is 10.6 Å². The van der Waals surface area contributed by atoms with Crippen LogP contribution in [0.3, 0.4) is 0 Å². The number of hydrogen-bond acceptors (Lipinski definition) is 6. The Balaban J connectivity index is 1.19. The number of imidazole rings is 1. The number of hydrogen-bond donors (Lipinski definition) is 2. The SMILES string of the molecule is COCCn1ncc(-c2ccc(-c3cnc(C(=O)Nc4ccc(C(=O)NCC5CCN(C(=O)C[N+](C)(C)C)CC5)c(Cl)c4)n3C)c(F)c2F)c1C. The number of rotatable bonds is 12. The first-order chi connectivity index (χ1) is 24.2. The number of benzene rings is 2. The lowest BCUT2D eigenvalue weighted by molar-refractivity contribution is -0.862. The van der Waals surface area contributed by atoms with Gasteiger partial charge >= 0.3 is 0 Å². The van der Waals surface area contributed by atoms with Crippen LogP contribution >= 0.6 is 11.6 Å². The Morgan fingerprint density at radius 2 is 1.69 bits per heavy atom. The number of piperidine rings is 1. The minimum Gasteiger partial charge on any atom is -0.383 e. The molecule has 51 heavy (non-hydrogen) atoms. The first kappa shape index (κ1) is 37.6. The number of anilines is 1. The van der Waals surface area contributed by atoms with Gasteiger partial charge in [0.2, 0.25) is 0 Å². The molecular formula is C36H44ClF2N8O4+. The summed E-state index contributed by atoms with van der Waals surface area (Å²) in [5.41, 5.74) is 1.90. The average Bonchev–Trinajstić information content (AvgIpc) is 3.64. The van der Waals surface area contributed by atoms with E-state index < -0.39 is 17.5 Å². The number of aromatic nitrogens is 4. The minimum absolute atomic E-state index is 0.0488. The molecule has 3 heterocycles. The van der Waals surface area contributed by atoms with Crippen molar-refractivity contribution in [2.45, 2.75) is 26.3 Å². The lowest BCUT2D eigenvalue weighted by Crippen LogP contribution is -2.49. The summed E-state index contributed by atoms with van der Waals surface area (Å²) in [4.78, 5) is 44.7. The Labute approximate surface area is 300 Å². The van der Waals surface area contributed by atoms with Crippen LogP contribution in [0.4, 0.5) is 14.5 Å². The van der Waals surface area contributed by atoms with E-state index in [1.165, 1.54) is 48.3 Å². The quantitative estimate of drug-likeness (QED) is 0.203. The second-order valence-corrected chi connectivity index (χ2v) is 14.2. The lowest BCUT2D eigenvalue weighted by Gasteiger charge is -2.34. The van der Waals surface area contributed by atoms with Crippen LogP contribution in [0.1, 0.15) is 39.5 Å². The fraction of sp³-hybridized carbons (Fsp3) is 0.417. The number of quaternary nitrogens is 1. The molecule has 5 rings (SSSR count). The van der Waals surface area contributed by atoms with Gasteiger partial charge in [-0.1, -0.05) is 17.7 Å². The fourth-order valence-electron chi connectivity index (χ4n) is 6.13. The number of likely N-dealkylation sites (tertiary alicyclic amines) is 1. The highest BCUT2D eigenvalue weighted by Crippen LogP contribution is 2.33. The third kappa shape index (κ3) is 8.63. The third-order valence-electron chi connectivity index (χ3n) is 9.05. The zero-order valence-electron chi connectivity index (χ0n) is 29.7. The first-order valence-corrected chi connectivity index (χ1v) is 17.1. The topological polar surface area (TPSA) is 123 Å². The standard InChI is InChI=1S/C36H43ClF2N8O4/c1-22-28(19-42-46(22)15-16-51-6)25-9-10-27(33(39)32(25)38)30-20-40-34(44(30)2)36(50)43-24-7-8-26(29(37)17-24)35(49)41-18-23-11-13-45(14-12-23)31(48)21-47(3,4)5/h7-10,17,19-20,23H,11-16,18,21H2,1-6H3,(H-,41,43,49,50)/p+1. The molecule has 1 aliphatic heterocycles. The molecule has 1 saturated heterocycles. The fourth-order valence-corrected chi connectivity index (χ4v) is 6.40. The van der Waals surface area contributed by atoms with Crippen molar-refractivity contribution in [2.75, 3.05) is 66.4 Å². The number of likely N-dealkylation sites (N-methyl/N-ethyl adjacent to an activating group) is 1. The van der Waals surface area contributed by atoms with Crippen LogP contribution in [0, 0.1) is 24.5 Å². The van der Waals surface area contributed by atoms with E-state index in [0.717, 1.165) is 12.8 Å². The average molecular weight is 726 g/mol. The molecule has 0 aliphatic carbocycles. The number of carbonyl (C=O) groups excluding carboxylic acids is 3. The molecule has 2 N–H and O–H groups in total. The Morgan fingerprint density at radius 1 is 1.00 bits per heavy atom. The van der Waals surface area contributed by atoms with E-state index in [-0.39, 0.29) is 51.0 Å². The van der Waals surface area contributed by atoms with Gasteiger partial charge in [0.15, 0.2) is 24.0 Å². The minimum atomic E-state index is -1.08. The van der Waals surface area contributed by atoms with E-state index in [1.54, 1.807) is 24.8 Å². The molecule has 272 valence electrons. The molecule has 3 amide bonds. The molecule has 4 aromatic rings. The zero-order valence-corrected chi connectivity index (χ0v) is 30.5. The molecule has 2 aromatic heterocycles.